The summed E-state index contributed by atoms with van der Waals surface area (Å²) in [7, 11) is -2.16. The Kier molecular flexibility index (Phi) is 4.84. The van der Waals surface area contributed by atoms with E-state index in [0.717, 1.165) is 16.8 Å². The molecule has 3 nitrogen and oxygen atoms in total. The molecule has 0 N–H and O–H groups in total. The van der Waals surface area contributed by atoms with E-state index < -0.39 is 10.3 Å². The number of hydrogen-bond acceptors (Lipinski definition) is 3. The number of aliphatic imine (C=N–C) groups is 1. The molecule has 1 aromatic rings. The second-order valence-electron chi connectivity index (χ2n) is 3.69. The molecule has 0 atom stereocenters. The van der Waals surface area contributed by atoms with Crippen LogP contribution in [0.2, 0.25) is 0 Å². The van der Waals surface area contributed by atoms with Crippen molar-refractivity contribution >= 4 is 27.1 Å². The predicted octanol–water partition coefficient (Wildman–Crippen LogP) is 2.80. The number of hydrogen-bond donors (Lipinski definition) is 0. The molecule has 0 aliphatic carbocycles. The van der Waals surface area contributed by atoms with Crippen molar-refractivity contribution in [2.24, 2.45) is 4.99 Å². The molecule has 0 aromatic heterocycles. The fraction of sp³-hybridized carbons (Fsp3) is 0.231. The van der Waals surface area contributed by atoms with Crippen molar-refractivity contribution in [1.29, 1.82) is 0 Å². The monoisotopic (exact) mass is 249 g/mol. The fourth-order valence-electron chi connectivity index (χ4n) is 1.18. The Labute approximate surface area is 103 Å². The third kappa shape index (κ3) is 4.00. The quantitative estimate of drug-likeness (QED) is 0.470. The van der Waals surface area contributed by atoms with Crippen LogP contribution in [0.4, 0.5) is 5.69 Å². The first-order valence-corrected chi connectivity index (χ1v) is 6.29. The highest BCUT2D eigenvalue weighted by molar-refractivity contribution is 7.73. The molecule has 90 valence electrons. The van der Waals surface area contributed by atoms with E-state index in [2.05, 4.69) is 4.99 Å². The summed E-state index contributed by atoms with van der Waals surface area (Å²) < 4.78 is 21.6. The van der Waals surface area contributed by atoms with Crippen molar-refractivity contribution in [2.75, 3.05) is 0 Å². The molecular formula is C13H15NO2S. The minimum atomic E-state index is -2.16. The smallest absolute Gasteiger partial charge is 0.217 e. The lowest BCUT2D eigenvalue weighted by Gasteiger charge is -1.99. The average Bonchev–Trinajstić information content (AvgIpc) is 2.35. The number of benzene rings is 1. The van der Waals surface area contributed by atoms with E-state index >= 15 is 0 Å². The van der Waals surface area contributed by atoms with Gasteiger partial charge in [0.2, 0.25) is 10.3 Å². The molecule has 0 saturated carbocycles. The van der Waals surface area contributed by atoms with E-state index in [1.807, 2.05) is 37.3 Å². The molecule has 0 unspecified atom stereocenters. The molecule has 0 bridgehead atoms. The van der Waals surface area contributed by atoms with Crippen LogP contribution in [0, 0.1) is 0 Å². The van der Waals surface area contributed by atoms with Crippen molar-refractivity contribution in [3.05, 3.63) is 41.5 Å². The molecule has 0 saturated heterocycles. The SMILES string of the molecule is CC(/C(C)=C(/C)C=Nc1ccccc1)=S(=O)=O. The average molecular weight is 249 g/mol. The fourth-order valence-corrected chi connectivity index (χ4v) is 1.60. The summed E-state index contributed by atoms with van der Waals surface area (Å²) in [4.78, 5) is 4.62. The second kappa shape index (κ2) is 6.15. The number of allylic oxidation sites excluding steroid dienone is 2. The summed E-state index contributed by atoms with van der Waals surface area (Å²) in [6, 6.07) is 9.51. The number of para-hydroxylation sites is 1. The zero-order valence-electron chi connectivity index (χ0n) is 10.1. The molecule has 1 aromatic carbocycles. The third-order valence-corrected chi connectivity index (χ3v) is 3.34. The Hall–Kier alpha value is -1.68. The van der Waals surface area contributed by atoms with Gasteiger partial charge in [0.05, 0.1) is 10.6 Å². The van der Waals surface area contributed by atoms with Crippen LogP contribution in [0.3, 0.4) is 0 Å². The molecule has 4 heteroatoms. The normalized spacial score (nSPS) is 12.4. The Morgan fingerprint density at radius 1 is 1.12 bits per heavy atom. The largest absolute Gasteiger partial charge is 0.257 e. The maximum absolute atomic E-state index is 10.8. The van der Waals surface area contributed by atoms with Crippen LogP contribution in [0.5, 0.6) is 0 Å². The van der Waals surface area contributed by atoms with Crippen molar-refractivity contribution in [3.8, 4) is 0 Å². The molecule has 0 aliphatic heterocycles. The van der Waals surface area contributed by atoms with Gasteiger partial charge >= 0.3 is 0 Å². The molecule has 17 heavy (non-hydrogen) atoms. The Balaban J connectivity index is 3.01. The third-order valence-electron chi connectivity index (χ3n) is 2.53. The topological polar surface area (TPSA) is 46.5 Å². The lowest BCUT2D eigenvalue weighted by atomic mass is 10.1. The van der Waals surface area contributed by atoms with E-state index in [9.17, 15) is 8.42 Å². The van der Waals surface area contributed by atoms with Crippen LogP contribution < -0.4 is 0 Å². The van der Waals surface area contributed by atoms with Crippen LogP contribution in [0.15, 0.2) is 46.5 Å². The summed E-state index contributed by atoms with van der Waals surface area (Å²) in [5, 5.41) is 0. The summed E-state index contributed by atoms with van der Waals surface area (Å²) in [5.41, 5.74) is 2.43. The van der Waals surface area contributed by atoms with E-state index in [0.29, 0.717) is 4.86 Å². The van der Waals surface area contributed by atoms with Crippen LogP contribution in [-0.2, 0) is 10.3 Å². The van der Waals surface area contributed by atoms with Crippen LogP contribution in [0.1, 0.15) is 20.8 Å². The predicted molar refractivity (Wildman–Crippen MR) is 72.6 cm³/mol. The van der Waals surface area contributed by atoms with Crippen molar-refractivity contribution in [1.82, 2.24) is 0 Å². The molecule has 0 fully saturated rings. The van der Waals surface area contributed by atoms with E-state index in [1.54, 1.807) is 20.1 Å². The van der Waals surface area contributed by atoms with Crippen molar-refractivity contribution < 1.29 is 8.42 Å². The maximum atomic E-state index is 10.8. The minimum Gasteiger partial charge on any atom is -0.257 e. The van der Waals surface area contributed by atoms with Gasteiger partial charge in [0.15, 0.2) is 0 Å². The van der Waals surface area contributed by atoms with Gasteiger partial charge in [-0.25, -0.2) is 0 Å². The summed E-state index contributed by atoms with van der Waals surface area (Å²) in [5.74, 6) is 0. The summed E-state index contributed by atoms with van der Waals surface area (Å²) in [6.45, 7) is 5.20. The Bertz CT molecular complexity index is 573. The summed E-state index contributed by atoms with van der Waals surface area (Å²) in [6.07, 6.45) is 1.68. The highest BCUT2D eigenvalue weighted by Gasteiger charge is 2.00. The van der Waals surface area contributed by atoms with Crippen molar-refractivity contribution in [2.45, 2.75) is 20.8 Å². The van der Waals surface area contributed by atoms with Crippen LogP contribution >= 0.6 is 0 Å². The first-order chi connectivity index (χ1) is 8.02. The molecule has 0 heterocycles. The zero-order chi connectivity index (χ0) is 12.8. The molecule has 0 aliphatic rings. The molecule has 0 spiro atoms. The van der Waals surface area contributed by atoms with Crippen LogP contribution in [0.25, 0.3) is 0 Å². The van der Waals surface area contributed by atoms with E-state index in [1.165, 1.54) is 0 Å². The highest BCUT2D eigenvalue weighted by atomic mass is 32.2. The first kappa shape index (κ1) is 13.4. The van der Waals surface area contributed by atoms with Gasteiger partial charge in [-0.15, -0.1) is 0 Å². The van der Waals surface area contributed by atoms with Gasteiger partial charge in [-0.3, -0.25) is 4.99 Å². The van der Waals surface area contributed by atoms with E-state index in [-0.39, 0.29) is 0 Å². The van der Waals surface area contributed by atoms with E-state index in [4.69, 9.17) is 0 Å². The van der Waals surface area contributed by atoms with Gasteiger partial charge in [-0.2, -0.15) is 8.42 Å². The van der Waals surface area contributed by atoms with Gasteiger partial charge in [-0.05, 0) is 44.1 Å². The van der Waals surface area contributed by atoms with Gasteiger partial charge < -0.3 is 0 Å². The van der Waals surface area contributed by atoms with Gasteiger partial charge in [-0.1, -0.05) is 18.2 Å². The lowest BCUT2D eigenvalue weighted by Crippen LogP contribution is -1.98. The minimum absolute atomic E-state index is 0.349. The lowest BCUT2D eigenvalue weighted by molar-refractivity contribution is 0.627. The molecule has 1 rings (SSSR count). The van der Waals surface area contributed by atoms with Gasteiger partial charge in [0.1, 0.15) is 0 Å². The molecule has 0 amide bonds. The zero-order valence-corrected chi connectivity index (χ0v) is 11.0. The highest BCUT2D eigenvalue weighted by Crippen LogP contribution is 2.10. The maximum Gasteiger partial charge on any atom is 0.217 e. The summed E-state index contributed by atoms with van der Waals surface area (Å²) >= 11 is 0. The standard InChI is InChI=1S/C13H15NO2S/c1-10(11(2)12(3)17(15)16)9-14-13-7-5-4-6-8-13/h4-9H,1-3H3/b11-10-,14-9?. The van der Waals surface area contributed by atoms with Crippen LogP contribution in [-0.4, -0.2) is 19.5 Å². The number of nitrogens with zero attached hydrogens (tertiary/aromatic N) is 1. The second-order valence-corrected chi connectivity index (χ2v) is 4.77. The molecular weight excluding hydrogens is 234 g/mol. The van der Waals surface area contributed by atoms with Gasteiger partial charge in [0.25, 0.3) is 0 Å². The van der Waals surface area contributed by atoms with Gasteiger partial charge in [0, 0.05) is 6.21 Å². The Morgan fingerprint density at radius 2 is 1.71 bits per heavy atom. The number of rotatable bonds is 3. The first-order valence-electron chi connectivity index (χ1n) is 5.22. The molecule has 0 radical (unpaired) electrons. The Morgan fingerprint density at radius 3 is 2.24 bits per heavy atom. The van der Waals surface area contributed by atoms with Crippen molar-refractivity contribution in [3.63, 3.8) is 0 Å².